The summed E-state index contributed by atoms with van der Waals surface area (Å²) in [6.07, 6.45) is 23.7. The van der Waals surface area contributed by atoms with E-state index in [2.05, 4.69) is 74.5 Å². The zero-order valence-electron chi connectivity index (χ0n) is 21.9. The molecule has 1 radical (unpaired) electrons. The maximum absolute atomic E-state index is 2.46. The fraction of sp³-hybridized carbons (Fsp3) is 0.606. The van der Waals surface area contributed by atoms with E-state index in [1.807, 2.05) is 0 Å². The van der Waals surface area contributed by atoms with Gasteiger partial charge in [0.05, 0.1) is 0 Å². The smallest absolute Gasteiger partial charge is 0.0126 e. The topological polar surface area (TPSA) is 0 Å². The SMILES string of the molecule is CCCCCCCCCCCCCCCCC(C)[C](Cc1ccccc1)Cc1ccccc1. The van der Waals surface area contributed by atoms with E-state index >= 15 is 0 Å². The first-order valence-electron chi connectivity index (χ1n) is 14.2. The van der Waals surface area contributed by atoms with Gasteiger partial charge >= 0.3 is 0 Å². The molecule has 0 saturated heterocycles. The first-order valence-corrected chi connectivity index (χ1v) is 14.2. The van der Waals surface area contributed by atoms with Gasteiger partial charge in [-0.25, -0.2) is 0 Å². The lowest BCUT2D eigenvalue weighted by atomic mass is 9.80. The van der Waals surface area contributed by atoms with Crippen molar-refractivity contribution in [1.29, 1.82) is 0 Å². The zero-order chi connectivity index (χ0) is 23.4. The molecule has 0 amide bonds. The van der Waals surface area contributed by atoms with Gasteiger partial charge in [0, 0.05) is 0 Å². The van der Waals surface area contributed by atoms with Crippen LogP contribution in [-0.4, -0.2) is 0 Å². The Labute approximate surface area is 206 Å². The first kappa shape index (κ1) is 27.7. The highest BCUT2D eigenvalue weighted by atomic mass is 14.2. The van der Waals surface area contributed by atoms with Crippen LogP contribution in [0.25, 0.3) is 0 Å². The normalized spacial score (nSPS) is 12.3. The highest BCUT2D eigenvalue weighted by molar-refractivity contribution is 5.25. The Morgan fingerprint density at radius 3 is 1.27 bits per heavy atom. The summed E-state index contributed by atoms with van der Waals surface area (Å²) in [6, 6.07) is 22.1. The van der Waals surface area contributed by atoms with E-state index in [4.69, 9.17) is 0 Å². The molecule has 2 aromatic carbocycles. The molecule has 0 nitrogen and oxygen atoms in total. The van der Waals surface area contributed by atoms with Crippen molar-refractivity contribution >= 4 is 0 Å². The minimum atomic E-state index is 0.697. The molecular weight excluding hydrogens is 396 g/mol. The summed E-state index contributed by atoms with van der Waals surface area (Å²) in [7, 11) is 0. The van der Waals surface area contributed by atoms with Crippen molar-refractivity contribution in [3.05, 3.63) is 77.7 Å². The van der Waals surface area contributed by atoms with Gasteiger partial charge in [-0.2, -0.15) is 0 Å². The zero-order valence-corrected chi connectivity index (χ0v) is 21.9. The fourth-order valence-electron chi connectivity index (χ4n) is 4.98. The Morgan fingerprint density at radius 2 is 0.879 bits per heavy atom. The molecule has 0 N–H and O–H groups in total. The van der Waals surface area contributed by atoms with E-state index in [0.29, 0.717) is 5.92 Å². The Balaban J connectivity index is 1.56. The lowest BCUT2D eigenvalue weighted by molar-refractivity contribution is 0.468. The van der Waals surface area contributed by atoms with Gasteiger partial charge in [-0.1, -0.05) is 171 Å². The van der Waals surface area contributed by atoms with Gasteiger partial charge in [0.25, 0.3) is 0 Å². The van der Waals surface area contributed by atoms with Crippen molar-refractivity contribution in [3.8, 4) is 0 Å². The Morgan fingerprint density at radius 1 is 0.515 bits per heavy atom. The maximum atomic E-state index is 2.46. The van der Waals surface area contributed by atoms with Gasteiger partial charge in [-0.3, -0.25) is 0 Å². The average molecular weight is 448 g/mol. The first-order chi connectivity index (χ1) is 16.3. The molecule has 1 unspecified atom stereocenters. The van der Waals surface area contributed by atoms with E-state index in [9.17, 15) is 0 Å². The molecule has 183 valence electrons. The van der Waals surface area contributed by atoms with Gasteiger partial charge in [0.15, 0.2) is 0 Å². The van der Waals surface area contributed by atoms with Crippen LogP contribution in [0.15, 0.2) is 60.7 Å². The van der Waals surface area contributed by atoms with E-state index in [-0.39, 0.29) is 0 Å². The maximum Gasteiger partial charge on any atom is -0.0126 e. The second-order valence-electron chi connectivity index (χ2n) is 10.3. The van der Waals surface area contributed by atoms with E-state index in [0.717, 1.165) is 12.8 Å². The van der Waals surface area contributed by atoms with Crippen LogP contribution in [0.5, 0.6) is 0 Å². The van der Waals surface area contributed by atoms with Gasteiger partial charge in [0.2, 0.25) is 0 Å². The summed E-state index contributed by atoms with van der Waals surface area (Å²) in [5.74, 6) is 2.39. The summed E-state index contributed by atoms with van der Waals surface area (Å²) in [4.78, 5) is 0. The van der Waals surface area contributed by atoms with Crippen molar-refractivity contribution in [1.82, 2.24) is 0 Å². The Hall–Kier alpha value is -1.56. The molecular formula is C33H51. The second kappa shape index (κ2) is 18.8. The number of unbranched alkanes of at least 4 members (excludes halogenated alkanes) is 13. The van der Waals surface area contributed by atoms with Crippen LogP contribution in [0.4, 0.5) is 0 Å². The van der Waals surface area contributed by atoms with Crippen molar-refractivity contribution < 1.29 is 0 Å². The summed E-state index contributed by atoms with van der Waals surface area (Å²) < 4.78 is 0. The minimum absolute atomic E-state index is 0.697. The molecule has 0 aliphatic rings. The molecule has 2 aromatic rings. The molecule has 0 heterocycles. The summed E-state index contributed by atoms with van der Waals surface area (Å²) in [5.41, 5.74) is 2.91. The largest absolute Gasteiger partial charge is 0.0654 e. The lowest BCUT2D eigenvalue weighted by Crippen LogP contribution is -2.15. The van der Waals surface area contributed by atoms with Crippen LogP contribution in [0.1, 0.15) is 121 Å². The van der Waals surface area contributed by atoms with Crippen molar-refractivity contribution in [2.75, 3.05) is 0 Å². The number of hydrogen-bond donors (Lipinski definition) is 0. The van der Waals surface area contributed by atoms with Crippen LogP contribution >= 0.6 is 0 Å². The van der Waals surface area contributed by atoms with E-state index in [1.54, 1.807) is 5.92 Å². The number of rotatable bonds is 20. The molecule has 0 heteroatoms. The van der Waals surface area contributed by atoms with Crippen molar-refractivity contribution in [2.24, 2.45) is 5.92 Å². The molecule has 0 fully saturated rings. The minimum Gasteiger partial charge on any atom is -0.0654 e. The summed E-state index contributed by atoms with van der Waals surface area (Å²) in [5, 5.41) is 0. The standard InChI is InChI=1S/C33H51/c1-3-4-5-6-7-8-9-10-11-12-13-14-15-18-23-30(2)33(28-31-24-19-16-20-25-31)29-32-26-21-17-22-27-32/h16-17,19-22,24-27,30H,3-15,18,23,28-29H2,1-2H3. The Bertz CT molecular complexity index is 617. The number of benzene rings is 2. The van der Waals surface area contributed by atoms with E-state index in [1.165, 1.54) is 107 Å². The summed E-state index contributed by atoms with van der Waals surface area (Å²) in [6.45, 7) is 4.76. The molecule has 0 aliphatic carbocycles. The van der Waals surface area contributed by atoms with Crippen LogP contribution in [0.3, 0.4) is 0 Å². The monoisotopic (exact) mass is 447 g/mol. The molecule has 0 spiro atoms. The highest BCUT2D eigenvalue weighted by Gasteiger charge is 2.19. The predicted molar refractivity (Wildman–Crippen MR) is 148 cm³/mol. The number of hydrogen-bond acceptors (Lipinski definition) is 0. The van der Waals surface area contributed by atoms with Gasteiger partial charge in [-0.05, 0) is 35.8 Å². The second-order valence-corrected chi connectivity index (χ2v) is 10.3. The predicted octanol–water partition coefficient (Wildman–Crippen LogP) is 10.6. The quantitative estimate of drug-likeness (QED) is 0.177. The van der Waals surface area contributed by atoms with Crippen molar-refractivity contribution in [3.63, 3.8) is 0 Å². The fourth-order valence-corrected chi connectivity index (χ4v) is 4.98. The third kappa shape index (κ3) is 13.7. The molecule has 1 atom stereocenters. The molecule has 0 bridgehead atoms. The van der Waals surface area contributed by atoms with Gasteiger partial charge in [-0.15, -0.1) is 0 Å². The highest BCUT2D eigenvalue weighted by Crippen LogP contribution is 2.28. The van der Waals surface area contributed by atoms with Gasteiger partial charge in [0.1, 0.15) is 0 Å². The Kier molecular flexibility index (Phi) is 15.8. The van der Waals surface area contributed by atoms with Gasteiger partial charge < -0.3 is 0 Å². The summed E-state index contributed by atoms with van der Waals surface area (Å²) >= 11 is 0. The van der Waals surface area contributed by atoms with Crippen molar-refractivity contribution in [2.45, 2.75) is 123 Å². The third-order valence-corrected chi connectivity index (χ3v) is 7.24. The van der Waals surface area contributed by atoms with Crippen LogP contribution < -0.4 is 0 Å². The van der Waals surface area contributed by atoms with Crippen LogP contribution in [0, 0.1) is 11.8 Å². The third-order valence-electron chi connectivity index (χ3n) is 7.24. The molecule has 0 saturated carbocycles. The molecule has 33 heavy (non-hydrogen) atoms. The average Bonchev–Trinajstić information content (AvgIpc) is 2.85. The molecule has 0 aromatic heterocycles. The molecule has 0 aliphatic heterocycles. The van der Waals surface area contributed by atoms with Crippen LogP contribution in [0.2, 0.25) is 0 Å². The van der Waals surface area contributed by atoms with E-state index < -0.39 is 0 Å². The lowest BCUT2D eigenvalue weighted by Gasteiger charge is -2.24. The molecule has 2 rings (SSSR count). The van der Waals surface area contributed by atoms with Crippen LogP contribution in [-0.2, 0) is 12.8 Å².